The van der Waals surface area contributed by atoms with E-state index in [0.29, 0.717) is 0 Å². The first-order chi connectivity index (χ1) is 8.24. The van der Waals surface area contributed by atoms with E-state index in [1.807, 2.05) is 24.0 Å². The maximum absolute atomic E-state index is 4.20. The predicted octanol–water partition coefficient (Wildman–Crippen LogP) is 3.55. The number of hydrogen-bond donors (Lipinski definition) is 0. The van der Waals surface area contributed by atoms with Gasteiger partial charge in [0, 0.05) is 18.8 Å². The second kappa shape index (κ2) is 3.74. The molecule has 0 radical (unpaired) electrons. The highest BCUT2D eigenvalue weighted by atomic mass is 15.2. The molecule has 2 heteroatoms. The minimum absolute atomic E-state index is 1.15. The van der Waals surface area contributed by atoms with E-state index in [1.54, 1.807) is 0 Å². The molecule has 0 saturated heterocycles. The van der Waals surface area contributed by atoms with E-state index in [2.05, 4.69) is 48.4 Å². The lowest BCUT2D eigenvalue weighted by atomic mass is 10.0. The molecule has 17 heavy (non-hydrogen) atoms. The Labute approximate surface area is 101 Å². The van der Waals surface area contributed by atoms with Gasteiger partial charge >= 0.3 is 0 Å². The molecule has 0 unspecified atom stereocenters. The van der Waals surface area contributed by atoms with Crippen molar-refractivity contribution in [2.75, 3.05) is 0 Å². The summed E-state index contributed by atoms with van der Waals surface area (Å²) in [6.07, 6.45) is 1.83. The van der Waals surface area contributed by atoms with Crippen molar-refractivity contribution in [1.82, 2.24) is 9.78 Å². The second-order valence-corrected chi connectivity index (χ2v) is 4.41. The molecule has 0 bridgehead atoms. The van der Waals surface area contributed by atoms with E-state index < -0.39 is 0 Å². The number of aryl methyl sites for hydroxylation is 2. The highest BCUT2D eigenvalue weighted by Gasteiger charge is 2.03. The Balaban J connectivity index is 2.20. The monoisotopic (exact) mass is 222 g/mol. The summed E-state index contributed by atoms with van der Waals surface area (Å²) in [5.41, 5.74) is 3.65. The number of aromatic nitrogens is 2. The van der Waals surface area contributed by atoms with Gasteiger partial charge in [-0.15, -0.1) is 0 Å². The van der Waals surface area contributed by atoms with Gasteiger partial charge in [-0.2, -0.15) is 5.10 Å². The summed E-state index contributed by atoms with van der Waals surface area (Å²) in [6, 6.07) is 15.1. The quantitative estimate of drug-likeness (QED) is 0.615. The van der Waals surface area contributed by atoms with Gasteiger partial charge in [-0.3, -0.25) is 4.68 Å². The van der Waals surface area contributed by atoms with Crippen LogP contribution in [-0.2, 0) is 7.05 Å². The van der Waals surface area contributed by atoms with E-state index in [0.717, 1.165) is 5.69 Å². The molecule has 84 valence electrons. The first-order valence-corrected chi connectivity index (χ1v) is 5.73. The van der Waals surface area contributed by atoms with Crippen LogP contribution in [0.15, 0.2) is 48.7 Å². The molecule has 1 aromatic heterocycles. The average Bonchev–Trinajstić information content (AvgIpc) is 2.75. The standard InChI is InChI=1S/C15H14N2/c1-11-3-4-13-10-14(6-5-12(13)9-11)15-7-8-16-17(15)2/h3-10H,1-2H3. The predicted molar refractivity (Wildman–Crippen MR) is 70.9 cm³/mol. The second-order valence-electron chi connectivity index (χ2n) is 4.41. The fourth-order valence-electron chi connectivity index (χ4n) is 2.18. The zero-order valence-corrected chi connectivity index (χ0v) is 10.0. The van der Waals surface area contributed by atoms with Gasteiger partial charge in [0.1, 0.15) is 0 Å². The molecule has 0 amide bonds. The largest absolute Gasteiger partial charge is 0.268 e. The Kier molecular flexibility index (Phi) is 2.22. The Hall–Kier alpha value is -2.09. The Bertz CT molecular complexity index is 680. The molecule has 0 spiro atoms. The zero-order chi connectivity index (χ0) is 11.8. The first-order valence-electron chi connectivity index (χ1n) is 5.73. The lowest BCUT2D eigenvalue weighted by Crippen LogP contribution is -1.93. The minimum Gasteiger partial charge on any atom is -0.268 e. The normalized spacial score (nSPS) is 10.9. The van der Waals surface area contributed by atoms with Crippen molar-refractivity contribution in [1.29, 1.82) is 0 Å². The van der Waals surface area contributed by atoms with E-state index in [9.17, 15) is 0 Å². The van der Waals surface area contributed by atoms with Crippen LogP contribution in [0.2, 0.25) is 0 Å². The molecule has 0 fully saturated rings. The van der Waals surface area contributed by atoms with Crippen molar-refractivity contribution in [2.45, 2.75) is 6.92 Å². The van der Waals surface area contributed by atoms with Crippen LogP contribution < -0.4 is 0 Å². The summed E-state index contributed by atoms with van der Waals surface area (Å²) in [5.74, 6) is 0. The van der Waals surface area contributed by atoms with Gasteiger partial charge in [0.25, 0.3) is 0 Å². The maximum atomic E-state index is 4.20. The summed E-state index contributed by atoms with van der Waals surface area (Å²) in [5, 5.41) is 6.76. The van der Waals surface area contributed by atoms with Gasteiger partial charge in [0.05, 0.1) is 5.69 Å². The number of rotatable bonds is 1. The maximum Gasteiger partial charge on any atom is 0.0679 e. The van der Waals surface area contributed by atoms with Gasteiger partial charge < -0.3 is 0 Å². The number of benzene rings is 2. The summed E-state index contributed by atoms with van der Waals surface area (Å²) >= 11 is 0. The highest BCUT2D eigenvalue weighted by molar-refractivity contribution is 5.87. The minimum atomic E-state index is 1.15. The average molecular weight is 222 g/mol. The molecule has 0 saturated carbocycles. The van der Waals surface area contributed by atoms with E-state index in [-0.39, 0.29) is 0 Å². The van der Waals surface area contributed by atoms with Crippen molar-refractivity contribution < 1.29 is 0 Å². The van der Waals surface area contributed by atoms with Gasteiger partial charge in [-0.25, -0.2) is 0 Å². The van der Waals surface area contributed by atoms with Crippen LogP contribution >= 0.6 is 0 Å². The van der Waals surface area contributed by atoms with E-state index in [4.69, 9.17) is 0 Å². The van der Waals surface area contributed by atoms with Crippen LogP contribution in [0, 0.1) is 6.92 Å². The third-order valence-corrected chi connectivity index (χ3v) is 3.11. The molecule has 0 aliphatic heterocycles. The van der Waals surface area contributed by atoms with Crippen molar-refractivity contribution >= 4 is 10.8 Å². The van der Waals surface area contributed by atoms with Crippen LogP contribution in [0.1, 0.15) is 5.56 Å². The first kappa shape index (κ1) is 10.1. The van der Waals surface area contributed by atoms with Gasteiger partial charge in [-0.1, -0.05) is 35.9 Å². The van der Waals surface area contributed by atoms with E-state index in [1.165, 1.54) is 21.9 Å². The Morgan fingerprint density at radius 1 is 0.941 bits per heavy atom. The van der Waals surface area contributed by atoms with E-state index >= 15 is 0 Å². The molecule has 2 aromatic carbocycles. The molecule has 0 N–H and O–H groups in total. The summed E-state index contributed by atoms with van der Waals surface area (Å²) in [4.78, 5) is 0. The highest BCUT2D eigenvalue weighted by Crippen LogP contribution is 2.24. The van der Waals surface area contributed by atoms with Crippen LogP contribution in [0.25, 0.3) is 22.0 Å². The smallest absolute Gasteiger partial charge is 0.0679 e. The van der Waals surface area contributed by atoms with Gasteiger partial charge in [0.15, 0.2) is 0 Å². The van der Waals surface area contributed by atoms with Crippen LogP contribution in [0.3, 0.4) is 0 Å². The molecule has 0 aliphatic rings. The van der Waals surface area contributed by atoms with Crippen molar-refractivity contribution in [3.63, 3.8) is 0 Å². The third kappa shape index (κ3) is 1.72. The summed E-state index contributed by atoms with van der Waals surface area (Å²) in [6.45, 7) is 2.12. The molecule has 0 aliphatic carbocycles. The summed E-state index contributed by atoms with van der Waals surface area (Å²) < 4.78 is 1.90. The third-order valence-electron chi connectivity index (χ3n) is 3.11. The van der Waals surface area contributed by atoms with Gasteiger partial charge in [0.2, 0.25) is 0 Å². The molecule has 3 rings (SSSR count). The lowest BCUT2D eigenvalue weighted by Gasteiger charge is -2.05. The molecule has 3 aromatic rings. The Morgan fingerprint density at radius 2 is 1.71 bits per heavy atom. The topological polar surface area (TPSA) is 17.8 Å². The van der Waals surface area contributed by atoms with Crippen LogP contribution in [0.5, 0.6) is 0 Å². The van der Waals surface area contributed by atoms with Crippen LogP contribution in [-0.4, -0.2) is 9.78 Å². The number of hydrogen-bond acceptors (Lipinski definition) is 1. The Morgan fingerprint density at radius 3 is 2.47 bits per heavy atom. The van der Waals surface area contributed by atoms with Crippen molar-refractivity contribution in [3.05, 3.63) is 54.2 Å². The molecular weight excluding hydrogens is 208 g/mol. The number of fused-ring (bicyclic) bond motifs is 1. The van der Waals surface area contributed by atoms with Crippen molar-refractivity contribution in [2.24, 2.45) is 7.05 Å². The molecule has 0 atom stereocenters. The molecule has 2 nitrogen and oxygen atoms in total. The SMILES string of the molecule is Cc1ccc2cc(-c3ccnn3C)ccc2c1. The van der Waals surface area contributed by atoms with Crippen LogP contribution in [0.4, 0.5) is 0 Å². The fraction of sp³-hybridized carbons (Fsp3) is 0.133. The zero-order valence-electron chi connectivity index (χ0n) is 10.0. The number of nitrogens with zero attached hydrogens (tertiary/aromatic N) is 2. The summed E-state index contributed by atoms with van der Waals surface area (Å²) in [7, 11) is 1.97. The van der Waals surface area contributed by atoms with Crippen molar-refractivity contribution in [3.8, 4) is 11.3 Å². The molecule has 1 heterocycles. The molecular formula is C15H14N2. The van der Waals surface area contributed by atoms with Gasteiger partial charge in [-0.05, 0) is 29.8 Å². The fourth-order valence-corrected chi connectivity index (χ4v) is 2.18. The lowest BCUT2D eigenvalue weighted by molar-refractivity contribution is 0.776.